The van der Waals surface area contributed by atoms with E-state index >= 15 is 0 Å². The van der Waals surface area contributed by atoms with Gasteiger partial charge in [0.25, 0.3) is 5.91 Å². The van der Waals surface area contributed by atoms with Crippen LogP contribution in [-0.2, 0) is 11.2 Å². The van der Waals surface area contributed by atoms with E-state index in [0.29, 0.717) is 0 Å². The Morgan fingerprint density at radius 2 is 1.92 bits per heavy atom. The third kappa shape index (κ3) is 2.82. The molecule has 1 aliphatic rings. The number of fused-ring (bicyclic) bond motifs is 1. The van der Waals surface area contributed by atoms with Crippen LogP contribution in [0.4, 0.5) is 11.4 Å². The van der Waals surface area contributed by atoms with E-state index in [-0.39, 0.29) is 23.4 Å². The van der Waals surface area contributed by atoms with Crippen LogP contribution >= 0.6 is 0 Å². The number of nitro benzene ring substituents is 1. The molecule has 0 fully saturated rings. The molecular weight excluding hydrogens is 308 g/mol. The topological polar surface area (TPSA) is 72.7 Å². The zero-order valence-corrected chi connectivity index (χ0v) is 13.5. The first-order valence-electron chi connectivity index (χ1n) is 7.80. The van der Waals surface area contributed by atoms with Crippen LogP contribution in [0.3, 0.4) is 0 Å². The number of benzene rings is 2. The summed E-state index contributed by atoms with van der Waals surface area (Å²) < 4.78 is 5.61. The highest BCUT2D eigenvalue weighted by Crippen LogP contribution is 2.33. The van der Waals surface area contributed by atoms with Gasteiger partial charge in [0.05, 0.1) is 4.92 Å². The molecule has 2 aromatic rings. The maximum absolute atomic E-state index is 12.8. The van der Waals surface area contributed by atoms with Crippen molar-refractivity contribution < 1.29 is 14.5 Å². The van der Waals surface area contributed by atoms with Crippen molar-refractivity contribution in [2.75, 3.05) is 4.90 Å². The molecule has 0 aliphatic carbocycles. The molecule has 0 unspecified atom stereocenters. The number of carbonyl (C=O) groups excluding carboxylic acids is 1. The van der Waals surface area contributed by atoms with Crippen LogP contribution in [-0.4, -0.2) is 23.0 Å². The molecule has 2 aromatic carbocycles. The van der Waals surface area contributed by atoms with Crippen molar-refractivity contribution in [2.24, 2.45) is 0 Å². The lowest BCUT2D eigenvalue weighted by atomic mass is 10.1. The number of hydrogen-bond donors (Lipinski definition) is 0. The molecule has 1 heterocycles. The van der Waals surface area contributed by atoms with Crippen molar-refractivity contribution >= 4 is 17.3 Å². The SMILES string of the molecule is C[C@@H](Oc1ccccc1[N+](=O)[O-])C(=O)N1c2ccccc2C[C@@H]1C. The molecule has 6 nitrogen and oxygen atoms in total. The van der Waals surface area contributed by atoms with Gasteiger partial charge in [0.1, 0.15) is 0 Å². The Labute approximate surface area is 139 Å². The predicted octanol–water partition coefficient (Wildman–Crippen LogP) is 3.34. The largest absolute Gasteiger partial charge is 0.474 e. The van der Waals surface area contributed by atoms with Gasteiger partial charge in [-0.15, -0.1) is 0 Å². The number of rotatable bonds is 4. The van der Waals surface area contributed by atoms with Crippen LogP contribution in [0.5, 0.6) is 5.75 Å². The second kappa shape index (κ2) is 6.31. The number of amides is 1. The second-order valence-electron chi connectivity index (χ2n) is 5.88. The number of nitrogens with zero attached hydrogens (tertiary/aromatic N) is 2. The fraction of sp³-hybridized carbons (Fsp3) is 0.278. The van der Waals surface area contributed by atoms with Crippen LogP contribution < -0.4 is 9.64 Å². The zero-order valence-electron chi connectivity index (χ0n) is 13.5. The Balaban J connectivity index is 1.83. The first-order valence-corrected chi connectivity index (χ1v) is 7.80. The van der Waals surface area contributed by atoms with E-state index in [1.54, 1.807) is 24.0 Å². The van der Waals surface area contributed by atoms with Crippen molar-refractivity contribution in [3.63, 3.8) is 0 Å². The standard InChI is InChI=1S/C18H18N2O4/c1-12-11-14-7-3-4-8-15(14)19(12)18(21)13(2)24-17-10-6-5-9-16(17)20(22)23/h3-10,12-13H,11H2,1-2H3/t12-,13+/m0/s1. The highest BCUT2D eigenvalue weighted by atomic mass is 16.6. The molecule has 0 saturated carbocycles. The third-order valence-corrected chi connectivity index (χ3v) is 4.16. The molecule has 0 spiro atoms. The summed E-state index contributed by atoms with van der Waals surface area (Å²) in [7, 11) is 0. The monoisotopic (exact) mass is 326 g/mol. The lowest BCUT2D eigenvalue weighted by Gasteiger charge is -2.26. The molecule has 0 bridgehead atoms. The maximum atomic E-state index is 12.8. The Bertz CT molecular complexity index is 790. The van der Waals surface area contributed by atoms with Crippen LogP contribution in [0.2, 0.25) is 0 Å². The molecule has 124 valence electrons. The predicted molar refractivity (Wildman–Crippen MR) is 90.3 cm³/mol. The van der Waals surface area contributed by atoms with E-state index < -0.39 is 11.0 Å². The summed E-state index contributed by atoms with van der Waals surface area (Å²) in [5.74, 6) is -0.103. The van der Waals surface area contributed by atoms with Gasteiger partial charge in [-0.1, -0.05) is 30.3 Å². The number of carbonyl (C=O) groups is 1. The molecule has 0 radical (unpaired) electrons. The van der Waals surface area contributed by atoms with Gasteiger partial charge in [0, 0.05) is 17.8 Å². The lowest BCUT2D eigenvalue weighted by Crippen LogP contribution is -2.43. The van der Waals surface area contributed by atoms with E-state index in [1.165, 1.54) is 12.1 Å². The van der Waals surface area contributed by atoms with Crippen LogP contribution in [0, 0.1) is 10.1 Å². The van der Waals surface area contributed by atoms with Crippen molar-refractivity contribution in [3.8, 4) is 5.75 Å². The Morgan fingerprint density at radius 3 is 2.67 bits per heavy atom. The van der Waals surface area contributed by atoms with Gasteiger partial charge in [-0.2, -0.15) is 0 Å². The number of hydrogen-bond acceptors (Lipinski definition) is 4. The number of para-hydroxylation sites is 3. The molecule has 1 aliphatic heterocycles. The normalized spacial score (nSPS) is 17.2. The maximum Gasteiger partial charge on any atom is 0.310 e. The lowest BCUT2D eigenvalue weighted by molar-refractivity contribution is -0.386. The van der Waals surface area contributed by atoms with Gasteiger partial charge < -0.3 is 9.64 Å². The summed E-state index contributed by atoms with van der Waals surface area (Å²) in [5.41, 5.74) is 1.86. The first kappa shape index (κ1) is 16.0. The molecule has 0 N–H and O–H groups in total. The van der Waals surface area contributed by atoms with Crippen molar-refractivity contribution in [3.05, 3.63) is 64.2 Å². The molecular formula is C18H18N2O4. The Kier molecular flexibility index (Phi) is 4.20. The Morgan fingerprint density at radius 1 is 1.25 bits per heavy atom. The van der Waals surface area contributed by atoms with Gasteiger partial charge in [-0.3, -0.25) is 14.9 Å². The van der Waals surface area contributed by atoms with Crippen molar-refractivity contribution in [2.45, 2.75) is 32.4 Å². The van der Waals surface area contributed by atoms with Gasteiger partial charge in [-0.05, 0) is 38.0 Å². The Hall–Kier alpha value is -2.89. The van der Waals surface area contributed by atoms with Gasteiger partial charge in [0.15, 0.2) is 11.9 Å². The minimum Gasteiger partial charge on any atom is -0.474 e. The summed E-state index contributed by atoms with van der Waals surface area (Å²) in [5, 5.41) is 11.1. The molecule has 3 rings (SSSR count). The smallest absolute Gasteiger partial charge is 0.310 e. The summed E-state index contributed by atoms with van der Waals surface area (Å²) in [4.78, 5) is 25.1. The van der Waals surface area contributed by atoms with Gasteiger partial charge in [0.2, 0.25) is 0 Å². The number of nitro groups is 1. The van der Waals surface area contributed by atoms with Crippen LogP contribution in [0.1, 0.15) is 19.4 Å². The van der Waals surface area contributed by atoms with Gasteiger partial charge >= 0.3 is 5.69 Å². The number of ether oxygens (including phenoxy) is 1. The van der Waals surface area contributed by atoms with Crippen LogP contribution in [0.15, 0.2) is 48.5 Å². The quantitative estimate of drug-likeness (QED) is 0.638. The molecule has 0 aromatic heterocycles. The summed E-state index contributed by atoms with van der Waals surface area (Å²) in [6, 6.07) is 13.9. The summed E-state index contributed by atoms with van der Waals surface area (Å²) >= 11 is 0. The highest BCUT2D eigenvalue weighted by Gasteiger charge is 2.34. The zero-order chi connectivity index (χ0) is 17.3. The fourth-order valence-corrected chi connectivity index (χ4v) is 3.05. The average Bonchev–Trinajstić information content (AvgIpc) is 2.90. The molecule has 24 heavy (non-hydrogen) atoms. The minimum atomic E-state index is -0.820. The van der Waals surface area contributed by atoms with E-state index in [1.807, 2.05) is 31.2 Å². The minimum absolute atomic E-state index is 0.0340. The van der Waals surface area contributed by atoms with E-state index in [4.69, 9.17) is 4.74 Å². The van der Waals surface area contributed by atoms with Crippen molar-refractivity contribution in [1.82, 2.24) is 0 Å². The number of anilines is 1. The fourth-order valence-electron chi connectivity index (χ4n) is 3.05. The van der Waals surface area contributed by atoms with Crippen molar-refractivity contribution in [1.29, 1.82) is 0 Å². The summed E-state index contributed by atoms with van der Waals surface area (Å²) in [6.45, 7) is 3.60. The van der Waals surface area contributed by atoms with E-state index in [2.05, 4.69) is 0 Å². The third-order valence-electron chi connectivity index (χ3n) is 4.16. The highest BCUT2D eigenvalue weighted by molar-refractivity contribution is 5.99. The van der Waals surface area contributed by atoms with E-state index in [0.717, 1.165) is 17.7 Å². The summed E-state index contributed by atoms with van der Waals surface area (Å²) in [6.07, 6.45) is -0.0279. The first-order chi connectivity index (χ1) is 11.5. The van der Waals surface area contributed by atoms with E-state index in [9.17, 15) is 14.9 Å². The molecule has 1 amide bonds. The molecule has 0 saturated heterocycles. The molecule has 2 atom stereocenters. The average molecular weight is 326 g/mol. The van der Waals surface area contributed by atoms with Gasteiger partial charge in [-0.25, -0.2) is 0 Å². The second-order valence-corrected chi connectivity index (χ2v) is 5.88. The van der Waals surface area contributed by atoms with Crippen LogP contribution in [0.25, 0.3) is 0 Å². The molecule has 6 heteroatoms.